The summed E-state index contributed by atoms with van der Waals surface area (Å²) in [6.07, 6.45) is 1.93. The molecular weight excluding hydrogens is 253 g/mol. The fourth-order valence-electron chi connectivity index (χ4n) is 2.02. The zero-order chi connectivity index (χ0) is 13.6. The highest BCUT2D eigenvalue weighted by atomic mass is 19.1. The maximum Gasteiger partial charge on any atom is 0.274 e. The van der Waals surface area contributed by atoms with Gasteiger partial charge in [-0.25, -0.2) is 9.07 Å². The Balaban J connectivity index is 2.14. The molecule has 0 amide bonds. The Bertz CT molecular complexity index is 665. The van der Waals surface area contributed by atoms with E-state index < -0.39 is 10.7 Å². The van der Waals surface area contributed by atoms with E-state index in [0.29, 0.717) is 5.69 Å². The third-order valence-corrected chi connectivity index (χ3v) is 3.02. The van der Waals surface area contributed by atoms with Crippen LogP contribution in [0.2, 0.25) is 0 Å². The van der Waals surface area contributed by atoms with E-state index in [1.807, 2.05) is 0 Å². The van der Waals surface area contributed by atoms with Gasteiger partial charge in [0.05, 0.1) is 22.4 Å². The van der Waals surface area contributed by atoms with Gasteiger partial charge in [-0.2, -0.15) is 0 Å². The topological polar surface area (TPSA) is 99.9 Å². The Morgan fingerprint density at radius 2 is 2.16 bits per heavy atom. The van der Waals surface area contributed by atoms with Gasteiger partial charge in [-0.3, -0.25) is 10.1 Å². The maximum atomic E-state index is 13.4. The summed E-state index contributed by atoms with van der Waals surface area (Å²) in [6, 6.07) is 3.29. The molecule has 2 aromatic rings. The van der Waals surface area contributed by atoms with Crippen molar-refractivity contribution < 1.29 is 9.31 Å². The Morgan fingerprint density at radius 3 is 2.79 bits per heavy atom. The van der Waals surface area contributed by atoms with Crippen molar-refractivity contribution in [3.05, 3.63) is 39.8 Å². The van der Waals surface area contributed by atoms with E-state index in [2.05, 4.69) is 10.3 Å². The van der Waals surface area contributed by atoms with Crippen LogP contribution in [0.5, 0.6) is 0 Å². The summed E-state index contributed by atoms with van der Waals surface area (Å²) in [5.41, 5.74) is 6.36. The fraction of sp³-hybridized carbons (Fsp3) is 0.273. The molecule has 0 unspecified atom stereocenters. The minimum Gasteiger partial charge on any atom is -0.381 e. The molecule has 0 spiro atoms. The van der Waals surface area contributed by atoms with Crippen molar-refractivity contribution in [3.8, 4) is 5.69 Å². The zero-order valence-electron chi connectivity index (χ0n) is 9.78. The van der Waals surface area contributed by atoms with E-state index in [4.69, 9.17) is 5.73 Å². The first kappa shape index (κ1) is 11.6. The third kappa shape index (κ3) is 2.01. The number of hydrogen-bond acceptors (Lipinski definition) is 5. The molecule has 0 radical (unpaired) electrons. The SMILES string of the molecule is Nc1nnn(-c2cc(F)cc([N+](=O)[O-])c2)c1C1CC1. The predicted molar refractivity (Wildman–Crippen MR) is 64.4 cm³/mol. The van der Waals surface area contributed by atoms with Crippen LogP contribution in [-0.4, -0.2) is 19.9 Å². The normalized spacial score (nSPS) is 14.6. The van der Waals surface area contributed by atoms with Crippen molar-refractivity contribution in [2.24, 2.45) is 0 Å². The molecule has 1 saturated carbocycles. The van der Waals surface area contributed by atoms with Crippen molar-refractivity contribution >= 4 is 11.5 Å². The Morgan fingerprint density at radius 1 is 1.42 bits per heavy atom. The number of nitrogens with two attached hydrogens (primary N) is 1. The second kappa shape index (κ2) is 4.01. The van der Waals surface area contributed by atoms with E-state index in [1.54, 1.807) is 0 Å². The number of aromatic nitrogens is 3. The molecule has 0 aliphatic heterocycles. The largest absolute Gasteiger partial charge is 0.381 e. The molecular formula is C11H10FN5O2. The quantitative estimate of drug-likeness (QED) is 0.672. The highest BCUT2D eigenvalue weighted by Gasteiger charge is 2.31. The van der Waals surface area contributed by atoms with Gasteiger partial charge in [0.25, 0.3) is 5.69 Å². The fourth-order valence-corrected chi connectivity index (χ4v) is 2.02. The molecule has 1 heterocycles. The number of nitrogen functional groups attached to an aromatic ring is 1. The van der Waals surface area contributed by atoms with Gasteiger partial charge < -0.3 is 5.73 Å². The molecule has 1 aromatic heterocycles. The smallest absolute Gasteiger partial charge is 0.274 e. The molecule has 2 N–H and O–H groups in total. The van der Waals surface area contributed by atoms with Gasteiger partial charge in [0.15, 0.2) is 5.82 Å². The summed E-state index contributed by atoms with van der Waals surface area (Å²) in [5, 5.41) is 18.3. The number of non-ortho nitro benzene ring substituents is 1. The Hall–Kier alpha value is -2.51. The van der Waals surface area contributed by atoms with Crippen LogP contribution in [-0.2, 0) is 0 Å². The molecule has 8 heteroatoms. The lowest BCUT2D eigenvalue weighted by molar-refractivity contribution is -0.385. The van der Waals surface area contributed by atoms with Gasteiger partial charge in [-0.15, -0.1) is 5.10 Å². The molecule has 3 rings (SSSR count). The molecule has 0 atom stereocenters. The minimum atomic E-state index is -0.694. The number of nitrogens with zero attached hydrogens (tertiary/aromatic N) is 4. The lowest BCUT2D eigenvalue weighted by Crippen LogP contribution is -2.04. The van der Waals surface area contributed by atoms with Gasteiger partial charge in [0, 0.05) is 18.1 Å². The van der Waals surface area contributed by atoms with E-state index >= 15 is 0 Å². The molecule has 7 nitrogen and oxygen atoms in total. The van der Waals surface area contributed by atoms with Crippen LogP contribution in [0.25, 0.3) is 5.69 Å². The monoisotopic (exact) mass is 263 g/mol. The van der Waals surface area contributed by atoms with Crippen molar-refractivity contribution in [1.82, 2.24) is 15.0 Å². The summed E-state index contributed by atoms with van der Waals surface area (Å²) < 4.78 is 14.8. The number of halogens is 1. The van der Waals surface area contributed by atoms with Crippen molar-refractivity contribution in [2.75, 3.05) is 5.73 Å². The van der Waals surface area contributed by atoms with Crippen LogP contribution >= 0.6 is 0 Å². The molecule has 0 bridgehead atoms. The van der Waals surface area contributed by atoms with Gasteiger partial charge in [-0.05, 0) is 12.8 Å². The minimum absolute atomic E-state index is 0.248. The lowest BCUT2D eigenvalue weighted by Gasteiger charge is -2.05. The molecule has 1 aliphatic carbocycles. The zero-order valence-corrected chi connectivity index (χ0v) is 9.78. The van der Waals surface area contributed by atoms with Crippen molar-refractivity contribution in [3.63, 3.8) is 0 Å². The number of rotatable bonds is 3. The third-order valence-electron chi connectivity index (χ3n) is 3.02. The number of nitro groups is 1. The van der Waals surface area contributed by atoms with E-state index in [9.17, 15) is 14.5 Å². The van der Waals surface area contributed by atoms with E-state index in [0.717, 1.165) is 18.9 Å². The molecule has 98 valence electrons. The highest BCUT2D eigenvalue weighted by Crippen LogP contribution is 2.42. The van der Waals surface area contributed by atoms with E-state index in [-0.39, 0.29) is 23.1 Å². The average Bonchev–Trinajstić information content (AvgIpc) is 3.11. The van der Waals surface area contributed by atoms with Gasteiger partial charge in [-0.1, -0.05) is 5.21 Å². The van der Waals surface area contributed by atoms with Crippen LogP contribution in [0.15, 0.2) is 18.2 Å². The lowest BCUT2D eigenvalue weighted by atomic mass is 10.2. The van der Waals surface area contributed by atoms with E-state index in [1.165, 1.54) is 16.8 Å². The van der Waals surface area contributed by atoms with Crippen LogP contribution in [0.4, 0.5) is 15.9 Å². The summed E-state index contributed by atoms with van der Waals surface area (Å²) in [7, 11) is 0. The van der Waals surface area contributed by atoms with Crippen LogP contribution in [0.1, 0.15) is 24.5 Å². The first-order valence-corrected chi connectivity index (χ1v) is 5.72. The number of nitro benzene ring substituents is 1. The Labute approximate surface area is 107 Å². The molecule has 1 fully saturated rings. The first-order valence-electron chi connectivity index (χ1n) is 5.72. The summed E-state index contributed by atoms with van der Waals surface area (Å²) in [6.45, 7) is 0. The van der Waals surface area contributed by atoms with Gasteiger partial charge >= 0.3 is 0 Å². The molecule has 0 saturated heterocycles. The maximum absolute atomic E-state index is 13.4. The molecule has 1 aromatic carbocycles. The van der Waals surface area contributed by atoms with Crippen LogP contribution in [0.3, 0.4) is 0 Å². The molecule has 19 heavy (non-hydrogen) atoms. The van der Waals surface area contributed by atoms with Crippen molar-refractivity contribution in [2.45, 2.75) is 18.8 Å². The van der Waals surface area contributed by atoms with Crippen molar-refractivity contribution in [1.29, 1.82) is 0 Å². The summed E-state index contributed by atoms with van der Waals surface area (Å²) in [5.74, 6) is -0.160. The Kier molecular flexibility index (Phi) is 2.44. The average molecular weight is 263 g/mol. The highest BCUT2D eigenvalue weighted by molar-refractivity contribution is 5.48. The van der Waals surface area contributed by atoms with Crippen LogP contribution in [0, 0.1) is 15.9 Å². The van der Waals surface area contributed by atoms with Crippen LogP contribution < -0.4 is 5.73 Å². The standard InChI is InChI=1S/C11H10FN5O2/c12-7-3-8(5-9(4-7)17(18)19)16-10(6-1-2-6)11(13)14-15-16/h3-6H,1-2,13H2. The number of hydrogen-bond donors (Lipinski definition) is 1. The van der Waals surface area contributed by atoms with Gasteiger partial charge in [0.1, 0.15) is 5.82 Å². The summed E-state index contributed by atoms with van der Waals surface area (Å²) >= 11 is 0. The van der Waals surface area contributed by atoms with Gasteiger partial charge in [0.2, 0.25) is 0 Å². The second-order valence-electron chi connectivity index (χ2n) is 4.47. The number of anilines is 1. The second-order valence-corrected chi connectivity index (χ2v) is 4.47. The number of benzene rings is 1. The first-order chi connectivity index (χ1) is 9.06. The molecule has 1 aliphatic rings. The predicted octanol–water partition coefficient (Wildman–Crippen LogP) is 1.77. The summed E-state index contributed by atoms with van der Waals surface area (Å²) in [4.78, 5) is 10.1.